The first kappa shape index (κ1) is 10.1. The lowest BCUT2D eigenvalue weighted by molar-refractivity contribution is -0.384. The maximum atomic E-state index is 10.6. The molecule has 0 fully saturated rings. The summed E-state index contributed by atoms with van der Waals surface area (Å²) in [4.78, 5) is 10.3. The van der Waals surface area contributed by atoms with Gasteiger partial charge in [0.1, 0.15) is 0 Å². The van der Waals surface area contributed by atoms with Gasteiger partial charge < -0.3 is 0 Å². The molecule has 0 amide bonds. The first-order valence-electron chi connectivity index (χ1n) is 5.47. The predicted molar refractivity (Wildman–Crippen MR) is 58.9 cm³/mol. The molecule has 2 rings (SSSR count). The number of non-ortho nitro benzene ring substituents is 1. The Hall–Kier alpha value is -1.38. The number of benzene rings is 1. The summed E-state index contributed by atoms with van der Waals surface area (Å²) >= 11 is 0. The summed E-state index contributed by atoms with van der Waals surface area (Å²) < 4.78 is 0. The summed E-state index contributed by atoms with van der Waals surface area (Å²) in [6.45, 7) is 2.19. The van der Waals surface area contributed by atoms with Crippen LogP contribution in [0.25, 0.3) is 0 Å². The maximum absolute atomic E-state index is 10.6. The number of nitro groups is 1. The molecular formula is C12H15NO2. The van der Waals surface area contributed by atoms with Crippen LogP contribution in [-0.2, 0) is 12.8 Å². The van der Waals surface area contributed by atoms with Gasteiger partial charge in [0.05, 0.1) is 4.92 Å². The van der Waals surface area contributed by atoms with E-state index < -0.39 is 0 Å². The minimum atomic E-state index is -0.312. The summed E-state index contributed by atoms with van der Waals surface area (Å²) in [5.74, 6) is 0.701. The van der Waals surface area contributed by atoms with Crippen molar-refractivity contribution in [2.24, 2.45) is 5.92 Å². The average molecular weight is 205 g/mol. The van der Waals surface area contributed by atoms with E-state index in [1.54, 1.807) is 12.1 Å². The molecule has 0 spiro atoms. The highest BCUT2D eigenvalue weighted by atomic mass is 16.6. The molecule has 1 aliphatic carbocycles. The molecule has 0 heterocycles. The van der Waals surface area contributed by atoms with Crippen LogP contribution in [0.1, 0.15) is 30.9 Å². The van der Waals surface area contributed by atoms with Crippen molar-refractivity contribution in [3.63, 3.8) is 0 Å². The topological polar surface area (TPSA) is 43.1 Å². The molecule has 0 aliphatic heterocycles. The van der Waals surface area contributed by atoms with Crippen molar-refractivity contribution in [2.75, 3.05) is 0 Å². The highest BCUT2D eigenvalue weighted by Crippen LogP contribution is 2.31. The lowest BCUT2D eigenvalue weighted by Crippen LogP contribution is -1.97. The second kappa shape index (κ2) is 4.01. The fourth-order valence-electron chi connectivity index (χ4n) is 2.42. The molecule has 15 heavy (non-hydrogen) atoms. The SMILES string of the molecule is CCCC1Cc2ccc([N+](=O)[O-])cc2C1. The molecule has 0 saturated carbocycles. The fraction of sp³-hybridized carbons (Fsp3) is 0.500. The normalized spacial score (nSPS) is 18.9. The van der Waals surface area contributed by atoms with E-state index in [-0.39, 0.29) is 10.6 Å². The molecule has 1 aromatic carbocycles. The summed E-state index contributed by atoms with van der Waals surface area (Å²) in [5.41, 5.74) is 2.72. The summed E-state index contributed by atoms with van der Waals surface area (Å²) in [6, 6.07) is 5.28. The number of rotatable bonds is 3. The van der Waals surface area contributed by atoms with Gasteiger partial charge in [-0.1, -0.05) is 25.8 Å². The van der Waals surface area contributed by atoms with E-state index in [0.717, 1.165) is 12.8 Å². The van der Waals surface area contributed by atoms with Crippen LogP contribution in [0.4, 0.5) is 5.69 Å². The molecule has 0 aromatic heterocycles. The largest absolute Gasteiger partial charge is 0.269 e. The number of hydrogen-bond acceptors (Lipinski definition) is 2. The van der Waals surface area contributed by atoms with Gasteiger partial charge in [-0.3, -0.25) is 10.1 Å². The monoisotopic (exact) mass is 205 g/mol. The van der Waals surface area contributed by atoms with Gasteiger partial charge in [0.2, 0.25) is 0 Å². The lowest BCUT2D eigenvalue weighted by Gasteiger charge is -2.04. The Balaban J connectivity index is 2.20. The zero-order chi connectivity index (χ0) is 10.8. The smallest absolute Gasteiger partial charge is 0.258 e. The quantitative estimate of drug-likeness (QED) is 0.562. The zero-order valence-electron chi connectivity index (χ0n) is 8.90. The van der Waals surface area contributed by atoms with Crippen LogP contribution in [0.15, 0.2) is 18.2 Å². The van der Waals surface area contributed by atoms with Crippen molar-refractivity contribution in [1.82, 2.24) is 0 Å². The third-order valence-electron chi connectivity index (χ3n) is 3.11. The van der Waals surface area contributed by atoms with Crippen molar-refractivity contribution < 1.29 is 4.92 Å². The van der Waals surface area contributed by atoms with Gasteiger partial charge in [-0.05, 0) is 29.9 Å². The molecule has 0 bridgehead atoms. The lowest BCUT2D eigenvalue weighted by atomic mass is 10.0. The van der Waals surface area contributed by atoms with Crippen molar-refractivity contribution in [2.45, 2.75) is 32.6 Å². The van der Waals surface area contributed by atoms with Crippen LogP contribution in [0, 0.1) is 16.0 Å². The Labute approximate surface area is 89.3 Å². The highest BCUT2D eigenvalue weighted by Gasteiger charge is 2.22. The van der Waals surface area contributed by atoms with E-state index in [1.807, 2.05) is 6.07 Å². The minimum absolute atomic E-state index is 0.228. The molecule has 3 nitrogen and oxygen atoms in total. The molecule has 1 atom stereocenters. The van der Waals surface area contributed by atoms with E-state index in [2.05, 4.69) is 6.92 Å². The second-order valence-electron chi connectivity index (χ2n) is 4.27. The minimum Gasteiger partial charge on any atom is -0.258 e. The van der Waals surface area contributed by atoms with E-state index >= 15 is 0 Å². The van der Waals surface area contributed by atoms with Crippen molar-refractivity contribution in [3.8, 4) is 0 Å². The third kappa shape index (κ3) is 2.01. The Morgan fingerprint density at radius 3 is 2.80 bits per heavy atom. The van der Waals surface area contributed by atoms with E-state index in [0.29, 0.717) is 5.92 Å². The van der Waals surface area contributed by atoms with Gasteiger partial charge in [-0.2, -0.15) is 0 Å². The number of fused-ring (bicyclic) bond motifs is 1. The maximum Gasteiger partial charge on any atom is 0.269 e. The molecule has 3 heteroatoms. The number of hydrogen-bond donors (Lipinski definition) is 0. The summed E-state index contributed by atoms with van der Waals surface area (Å²) in [7, 11) is 0. The summed E-state index contributed by atoms with van der Waals surface area (Å²) in [6.07, 6.45) is 4.54. The highest BCUT2D eigenvalue weighted by molar-refractivity contribution is 5.42. The van der Waals surface area contributed by atoms with Gasteiger partial charge in [0, 0.05) is 12.1 Å². The first-order chi connectivity index (χ1) is 7.20. The van der Waals surface area contributed by atoms with Crippen LogP contribution in [0.3, 0.4) is 0 Å². The molecule has 0 saturated heterocycles. The molecule has 80 valence electrons. The molecule has 0 radical (unpaired) electrons. The van der Waals surface area contributed by atoms with Crippen LogP contribution in [0.2, 0.25) is 0 Å². The van der Waals surface area contributed by atoms with Crippen molar-refractivity contribution in [3.05, 3.63) is 39.4 Å². The van der Waals surface area contributed by atoms with Gasteiger partial charge in [-0.15, -0.1) is 0 Å². The molecule has 1 unspecified atom stereocenters. The van der Waals surface area contributed by atoms with Crippen LogP contribution < -0.4 is 0 Å². The van der Waals surface area contributed by atoms with E-state index in [9.17, 15) is 10.1 Å². The van der Waals surface area contributed by atoms with Crippen molar-refractivity contribution in [1.29, 1.82) is 0 Å². The second-order valence-corrected chi connectivity index (χ2v) is 4.27. The molecule has 1 aromatic rings. The van der Waals surface area contributed by atoms with Crippen LogP contribution in [-0.4, -0.2) is 4.92 Å². The zero-order valence-corrected chi connectivity index (χ0v) is 8.90. The fourth-order valence-corrected chi connectivity index (χ4v) is 2.42. The third-order valence-corrected chi connectivity index (χ3v) is 3.11. The number of nitrogens with zero attached hydrogens (tertiary/aromatic N) is 1. The van der Waals surface area contributed by atoms with E-state index in [1.165, 1.54) is 24.0 Å². The van der Waals surface area contributed by atoms with Gasteiger partial charge in [0.25, 0.3) is 5.69 Å². The molecule has 0 N–H and O–H groups in total. The van der Waals surface area contributed by atoms with Gasteiger partial charge >= 0.3 is 0 Å². The Morgan fingerprint density at radius 2 is 2.13 bits per heavy atom. The van der Waals surface area contributed by atoms with Crippen LogP contribution in [0.5, 0.6) is 0 Å². The van der Waals surface area contributed by atoms with Gasteiger partial charge in [-0.25, -0.2) is 0 Å². The van der Waals surface area contributed by atoms with Crippen LogP contribution >= 0.6 is 0 Å². The first-order valence-corrected chi connectivity index (χ1v) is 5.47. The molecule has 1 aliphatic rings. The average Bonchev–Trinajstić information content (AvgIpc) is 2.59. The van der Waals surface area contributed by atoms with Gasteiger partial charge in [0.15, 0.2) is 0 Å². The van der Waals surface area contributed by atoms with Crippen molar-refractivity contribution >= 4 is 5.69 Å². The Bertz CT molecular complexity index is 387. The standard InChI is InChI=1S/C12H15NO2/c1-2-3-9-6-10-4-5-12(13(14)15)8-11(10)7-9/h4-5,8-9H,2-3,6-7H2,1H3. The van der Waals surface area contributed by atoms with E-state index in [4.69, 9.17) is 0 Å². The Morgan fingerprint density at radius 1 is 1.40 bits per heavy atom. The Kier molecular flexibility index (Phi) is 2.71. The summed E-state index contributed by atoms with van der Waals surface area (Å²) in [5, 5.41) is 10.6. The predicted octanol–water partition coefficient (Wildman–Crippen LogP) is 3.11. The molecular weight excluding hydrogens is 190 g/mol. The number of nitro benzene ring substituents is 1.